The predicted molar refractivity (Wildman–Crippen MR) is 105 cm³/mol. The average molecular weight is 416 g/mol. The molecule has 9 heteroatoms. The highest BCUT2D eigenvalue weighted by molar-refractivity contribution is 6.01. The zero-order valence-corrected chi connectivity index (χ0v) is 15.9. The summed E-state index contributed by atoms with van der Waals surface area (Å²) < 4.78 is 44.0. The topological polar surface area (TPSA) is 67.4 Å². The van der Waals surface area contributed by atoms with Crippen molar-refractivity contribution in [2.24, 2.45) is 0 Å². The van der Waals surface area contributed by atoms with Crippen molar-refractivity contribution in [3.05, 3.63) is 60.4 Å². The van der Waals surface area contributed by atoms with Gasteiger partial charge in [-0.3, -0.25) is 0 Å². The molecule has 1 aliphatic rings. The lowest BCUT2D eigenvalue weighted by molar-refractivity contribution is -0.141. The number of likely N-dealkylation sites (tertiary alicyclic amines) is 1. The molecule has 1 aliphatic heterocycles. The van der Waals surface area contributed by atoms with Crippen LogP contribution in [0.4, 0.5) is 23.7 Å². The molecule has 2 aromatic carbocycles. The molecule has 30 heavy (non-hydrogen) atoms. The summed E-state index contributed by atoms with van der Waals surface area (Å²) >= 11 is 0. The van der Waals surface area contributed by atoms with Crippen molar-refractivity contribution in [2.45, 2.75) is 25.1 Å². The molecule has 1 atom stereocenters. The summed E-state index contributed by atoms with van der Waals surface area (Å²) in [7, 11) is 0. The van der Waals surface area contributed by atoms with E-state index in [4.69, 9.17) is 4.74 Å². The van der Waals surface area contributed by atoms with Crippen molar-refractivity contribution in [1.82, 2.24) is 14.9 Å². The standard InChI is InChI=1S/C21H19F3N4O2/c22-21(23,24)18-10-11-25-19(27-18)30-15-7-4-12-28(13-15)20(29)26-17-9-3-6-14-5-1-2-8-16(14)17/h1-3,5-6,8-11,15H,4,7,12-13H2,(H,26,29). The van der Waals surface area contributed by atoms with E-state index in [0.29, 0.717) is 25.1 Å². The zero-order valence-electron chi connectivity index (χ0n) is 15.9. The molecule has 2 amide bonds. The Morgan fingerprint density at radius 1 is 1.13 bits per heavy atom. The third kappa shape index (κ3) is 4.45. The van der Waals surface area contributed by atoms with Crippen LogP contribution in [-0.2, 0) is 6.18 Å². The van der Waals surface area contributed by atoms with Gasteiger partial charge >= 0.3 is 18.2 Å². The lowest BCUT2D eigenvalue weighted by Gasteiger charge is -2.32. The maximum atomic E-state index is 12.8. The molecule has 1 unspecified atom stereocenters. The fraction of sp³-hybridized carbons (Fsp3) is 0.286. The van der Waals surface area contributed by atoms with Crippen LogP contribution in [0, 0.1) is 0 Å². The maximum absolute atomic E-state index is 12.8. The highest BCUT2D eigenvalue weighted by Crippen LogP contribution is 2.28. The molecule has 1 fully saturated rings. The van der Waals surface area contributed by atoms with E-state index in [0.717, 1.165) is 23.0 Å². The minimum absolute atomic E-state index is 0.232. The van der Waals surface area contributed by atoms with Crippen LogP contribution in [0.15, 0.2) is 54.7 Å². The number of anilines is 1. The second kappa shape index (κ2) is 8.17. The van der Waals surface area contributed by atoms with Crippen LogP contribution in [0.3, 0.4) is 0 Å². The van der Waals surface area contributed by atoms with Crippen LogP contribution in [0.5, 0.6) is 6.01 Å². The first kappa shape index (κ1) is 19.9. The maximum Gasteiger partial charge on any atom is 0.433 e. The number of nitrogens with one attached hydrogen (secondary N) is 1. The van der Waals surface area contributed by atoms with E-state index >= 15 is 0 Å². The van der Waals surface area contributed by atoms with Gasteiger partial charge in [0.25, 0.3) is 0 Å². The number of nitrogens with zero attached hydrogens (tertiary/aromatic N) is 3. The Morgan fingerprint density at radius 3 is 2.77 bits per heavy atom. The molecule has 0 spiro atoms. The molecular formula is C21H19F3N4O2. The Kier molecular flexibility index (Phi) is 5.43. The monoisotopic (exact) mass is 416 g/mol. The quantitative estimate of drug-likeness (QED) is 0.671. The van der Waals surface area contributed by atoms with E-state index in [-0.39, 0.29) is 18.6 Å². The number of aromatic nitrogens is 2. The van der Waals surface area contributed by atoms with E-state index in [1.807, 2.05) is 42.5 Å². The summed E-state index contributed by atoms with van der Waals surface area (Å²) in [5, 5.41) is 4.86. The van der Waals surface area contributed by atoms with Crippen molar-refractivity contribution in [1.29, 1.82) is 0 Å². The number of amides is 2. The third-order valence-corrected chi connectivity index (χ3v) is 4.89. The Morgan fingerprint density at radius 2 is 1.93 bits per heavy atom. The van der Waals surface area contributed by atoms with E-state index < -0.39 is 18.0 Å². The number of alkyl halides is 3. The van der Waals surface area contributed by atoms with E-state index in [1.165, 1.54) is 0 Å². The summed E-state index contributed by atoms with van der Waals surface area (Å²) in [5.41, 5.74) is -0.365. The predicted octanol–water partition coefficient (Wildman–Crippen LogP) is 4.72. The van der Waals surface area contributed by atoms with Crippen molar-refractivity contribution >= 4 is 22.5 Å². The van der Waals surface area contributed by atoms with Gasteiger partial charge in [0.2, 0.25) is 0 Å². The van der Waals surface area contributed by atoms with Crippen LogP contribution in [0.1, 0.15) is 18.5 Å². The van der Waals surface area contributed by atoms with Crippen molar-refractivity contribution in [3.63, 3.8) is 0 Å². The Labute approximate surface area is 170 Å². The van der Waals surface area contributed by atoms with Gasteiger partial charge in [0.05, 0.1) is 12.2 Å². The highest BCUT2D eigenvalue weighted by Gasteiger charge is 2.33. The fourth-order valence-electron chi connectivity index (χ4n) is 3.45. The first-order chi connectivity index (χ1) is 14.4. The molecule has 0 aliphatic carbocycles. The molecule has 3 aromatic rings. The Hall–Kier alpha value is -3.36. The van der Waals surface area contributed by atoms with Crippen molar-refractivity contribution in [3.8, 4) is 6.01 Å². The molecule has 1 N–H and O–H groups in total. The van der Waals surface area contributed by atoms with Crippen LogP contribution < -0.4 is 10.1 Å². The minimum Gasteiger partial charge on any atom is -0.458 e. The molecule has 1 aromatic heterocycles. The first-order valence-electron chi connectivity index (χ1n) is 9.51. The van der Waals surface area contributed by atoms with Gasteiger partial charge in [0.1, 0.15) is 6.10 Å². The molecule has 0 saturated carbocycles. The summed E-state index contributed by atoms with van der Waals surface area (Å²) in [6.45, 7) is 0.760. The number of carbonyl (C=O) groups excluding carboxylic acids is 1. The summed E-state index contributed by atoms with van der Waals surface area (Å²) in [5.74, 6) is 0. The fourth-order valence-corrected chi connectivity index (χ4v) is 3.45. The van der Waals surface area contributed by atoms with Gasteiger partial charge in [-0.2, -0.15) is 18.2 Å². The van der Waals surface area contributed by atoms with E-state index in [9.17, 15) is 18.0 Å². The number of rotatable bonds is 3. The molecule has 4 rings (SSSR count). The number of hydrogen-bond acceptors (Lipinski definition) is 4. The van der Waals surface area contributed by atoms with Crippen LogP contribution >= 0.6 is 0 Å². The number of piperidine rings is 1. The lowest BCUT2D eigenvalue weighted by Crippen LogP contribution is -2.46. The van der Waals surface area contributed by atoms with Crippen molar-refractivity contribution < 1.29 is 22.7 Å². The Bertz CT molecular complexity index is 1050. The van der Waals surface area contributed by atoms with Crippen molar-refractivity contribution in [2.75, 3.05) is 18.4 Å². The lowest BCUT2D eigenvalue weighted by atomic mass is 10.1. The van der Waals surface area contributed by atoms with E-state index in [2.05, 4.69) is 15.3 Å². The number of fused-ring (bicyclic) bond motifs is 1. The molecule has 1 saturated heterocycles. The van der Waals surface area contributed by atoms with Crippen LogP contribution in [-0.4, -0.2) is 40.1 Å². The summed E-state index contributed by atoms with van der Waals surface area (Å²) in [6, 6.07) is 13.5. The number of benzene rings is 2. The Balaban J connectivity index is 1.43. The number of hydrogen-bond donors (Lipinski definition) is 1. The molecule has 0 radical (unpaired) electrons. The summed E-state index contributed by atoms with van der Waals surface area (Å²) in [4.78, 5) is 21.6. The average Bonchev–Trinajstić information content (AvgIpc) is 2.74. The second-order valence-corrected chi connectivity index (χ2v) is 7.01. The molecule has 156 valence electrons. The largest absolute Gasteiger partial charge is 0.458 e. The van der Waals surface area contributed by atoms with E-state index in [1.54, 1.807) is 4.90 Å². The summed E-state index contributed by atoms with van der Waals surface area (Å²) in [6.07, 6.45) is -2.79. The smallest absolute Gasteiger partial charge is 0.433 e. The molecular weight excluding hydrogens is 397 g/mol. The van der Waals surface area contributed by atoms with Gasteiger partial charge in [-0.15, -0.1) is 0 Å². The van der Waals surface area contributed by atoms with Crippen LogP contribution in [0.25, 0.3) is 10.8 Å². The second-order valence-electron chi connectivity index (χ2n) is 7.01. The van der Waals surface area contributed by atoms with Gasteiger partial charge in [0.15, 0.2) is 5.69 Å². The SMILES string of the molecule is O=C(Nc1cccc2ccccc12)N1CCCC(Oc2nccc(C(F)(F)F)n2)C1. The number of carbonyl (C=O) groups is 1. The number of ether oxygens (including phenoxy) is 1. The molecule has 6 nitrogen and oxygen atoms in total. The van der Waals surface area contributed by atoms with Gasteiger partial charge in [-0.25, -0.2) is 9.78 Å². The van der Waals surface area contributed by atoms with Gasteiger partial charge in [-0.05, 0) is 30.4 Å². The first-order valence-corrected chi connectivity index (χ1v) is 9.51. The third-order valence-electron chi connectivity index (χ3n) is 4.89. The molecule has 0 bridgehead atoms. The molecule has 2 heterocycles. The van der Waals surface area contributed by atoms with Gasteiger partial charge in [-0.1, -0.05) is 36.4 Å². The minimum atomic E-state index is -4.57. The zero-order chi connectivity index (χ0) is 21.1. The number of halogens is 3. The normalized spacial score (nSPS) is 17.0. The number of urea groups is 1. The highest BCUT2D eigenvalue weighted by atomic mass is 19.4. The van der Waals surface area contributed by atoms with Crippen LogP contribution in [0.2, 0.25) is 0 Å². The van der Waals surface area contributed by atoms with Gasteiger partial charge < -0.3 is 15.0 Å². The van der Waals surface area contributed by atoms with Gasteiger partial charge in [0, 0.05) is 18.1 Å².